The fraction of sp³-hybridized carbons (Fsp3) is 0.500. The molecule has 1 aliphatic rings. The van der Waals surface area contributed by atoms with Gasteiger partial charge in [-0.3, -0.25) is 0 Å². The molecule has 3 rings (SSSR count). The van der Waals surface area contributed by atoms with Crippen molar-refractivity contribution in [3.63, 3.8) is 0 Å². The zero-order chi connectivity index (χ0) is 13.1. The highest BCUT2D eigenvalue weighted by molar-refractivity contribution is 5.74. The monoisotopic (exact) mass is 257 g/mol. The molecule has 0 aliphatic carbocycles. The molecule has 0 radical (unpaired) electrons. The Kier molecular flexibility index (Phi) is 3.55. The average Bonchev–Trinajstić information content (AvgIpc) is 2.72. The lowest BCUT2D eigenvalue weighted by Crippen LogP contribution is -2.41. The van der Waals surface area contributed by atoms with Crippen LogP contribution < -0.4 is 10.6 Å². The van der Waals surface area contributed by atoms with Gasteiger partial charge in [0.05, 0.1) is 5.52 Å². The molecule has 0 spiro atoms. The smallest absolute Gasteiger partial charge is 0.246 e. The molecule has 100 valence electrons. The van der Waals surface area contributed by atoms with E-state index in [1.54, 1.807) is 0 Å². The van der Waals surface area contributed by atoms with Crippen molar-refractivity contribution in [2.24, 2.45) is 5.73 Å². The standard InChI is InChI=1S/C14H19N5/c15-10-11-6-2-1-5-9-19(11)14-16-12-7-3-4-8-13(12)17-18-14/h3-4,7-8,11H,1-2,5-6,9-10,15H2. The van der Waals surface area contributed by atoms with Crippen molar-refractivity contribution >= 4 is 17.0 Å². The van der Waals surface area contributed by atoms with Crippen molar-refractivity contribution in [1.29, 1.82) is 0 Å². The maximum Gasteiger partial charge on any atom is 0.246 e. The second-order valence-corrected chi connectivity index (χ2v) is 5.03. The zero-order valence-corrected chi connectivity index (χ0v) is 11.0. The van der Waals surface area contributed by atoms with Gasteiger partial charge in [-0.05, 0) is 25.0 Å². The van der Waals surface area contributed by atoms with Gasteiger partial charge in [-0.2, -0.15) is 0 Å². The van der Waals surface area contributed by atoms with Crippen LogP contribution in [0.3, 0.4) is 0 Å². The minimum absolute atomic E-state index is 0.338. The number of rotatable bonds is 2. The highest BCUT2D eigenvalue weighted by Gasteiger charge is 2.22. The molecule has 1 aromatic heterocycles. The SMILES string of the molecule is NCC1CCCCCN1c1nnc2ccccc2n1. The van der Waals surface area contributed by atoms with Crippen LogP contribution in [0.5, 0.6) is 0 Å². The molecule has 2 heterocycles. The molecule has 1 fully saturated rings. The molecule has 19 heavy (non-hydrogen) atoms. The summed E-state index contributed by atoms with van der Waals surface area (Å²) >= 11 is 0. The Morgan fingerprint density at radius 3 is 2.79 bits per heavy atom. The number of nitrogens with two attached hydrogens (primary N) is 1. The minimum Gasteiger partial charge on any atom is -0.335 e. The van der Waals surface area contributed by atoms with Gasteiger partial charge in [-0.1, -0.05) is 25.0 Å². The first-order valence-electron chi connectivity index (χ1n) is 6.94. The maximum absolute atomic E-state index is 5.90. The van der Waals surface area contributed by atoms with E-state index in [9.17, 15) is 0 Å². The van der Waals surface area contributed by atoms with E-state index in [4.69, 9.17) is 5.73 Å². The van der Waals surface area contributed by atoms with Gasteiger partial charge in [0, 0.05) is 19.1 Å². The molecule has 1 saturated heterocycles. The van der Waals surface area contributed by atoms with E-state index >= 15 is 0 Å². The summed E-state index contributed by atoms with van der Waals surface area (Å²) in [5, 5.41) is 8.54. The lowest BCUT2D eigenvalue weighted by Gasteiger charge is -2.28. The van der Waals surface area contributed by atoms with Crippen molar-refractivity contribution in [2.45, 2.75) is 31.7 Å². The highest BCUT2D eigenvalue weighted by atomic mass is 15.3. The number of hydrogen-bond donors (Lipinski definition) is 1. The summed E-state index contributed by atoms with van der Waals surface area (Å²) in [6.07, 6.45) is 4.78. The number of aromatic nitrogens is 3. The van der Waals surface area contributed by atoms with Gasteiger partial charge in [0.1, 0.15) is 5.52 Å². The van der Waals surface area contributed by atoms with Crippen LogP contribution in [-0.2, 0) is 0 Å². The van der Waals surface area contributed by atoms with Gasteiger partial charge in [0.15, 0.2) is 0 Å². The third kappa shape index (κ3) is 2.51. The van der Waals surface area contributed by atoms with Gasteiger partial charge >= 0.3 is 0 Å². The molecule has 0 saturated carbocycles. The van der Waals surface area contributed by atoms with Crippen molar-refractivity contribution < 1.29 is 0 Å². The van der Waals surface area contributed by atoms with Gasteiger partial charge < -0.3 is 10.6 Å². The number of para-hydroxylation sites is 1. The highest BCUT2D eigenvalue weighted by Crippen LogP contribution is 2.21. The average molecular weight is 257 g/mol. The lowest BCUT2D eigenvalue weighted by atomic mass is 10.1. The topological polar surface area (TPSA) is 67.9 Å². The van der Waals surface area contributed by atoms with E-state index in [1.807, 2.05) is 24.3 Å². The fourth-order valence-corrected chi connectivity index (χ4v) is 2.68. The second-order valence-electron chi connectivity index (χ2n) is 5.03. The van der Waals surface area contributed by atoms with Crippen LogP contribution in [0.25, 0.3) is 11.0 Å². The van der Waals surface area contributed by atoms with Gasteiger partial charge in [-0.25, -0.2) is 4.98 Å². The van der Waals surface area contributed by atoms with E-state index < -0.39 is 0 Å². The van der Waals surface area contributed by atoms with Crippen molar-refractivity contribution in [3.05, 3.63) is 24.3 Å². The van der Waals surface area contributed by atoms with Gasteiger partial charge in [-0.15, -0.1) is 10.2 Å². The third-order valence-corrected chi connectivity index (χ3v) is 3.76. The first-order chi connectivity index (χ1) is 9.38. The summed E-state index contributed by atoms with van der Waals surface area (Å²) in [5.41, 5.74) is 7.63. The predicted octanol–water partition coefficient (Wildman–Crippen LogP) is 1.73. The number of nitrogens with zero attached hydrogens (tertiary/aromatic N) is 4. The summed E-state index contributed by atoms with van der Waals surface area (Å²) in [5.74, 6) is 0.719. The van der Waals surface area contributed by atoms with E-state index in [0.29, 0.717) is 12.6 Å². The fourth-order valence-electron chi connectivity index (χ4n) is 2.68. The normalized spacial score (nSPS) is 20.5. The summed E-state index contributed by atoms with van der Waals surface area (Å²) in [6, 6.07) is 8.17. The van der Waals surface area contributed by atoms with Crippen LogP contribution in [0.1, 0.15) is 25.7 Å². The molecule has 0 amide bonds. The minimum atomic E-state index is 0.338. The van der Waals surface area contributed by atoms with E-state index in [0.717, 1.165) is 29.9 Å². The van der Waals surface area contributed by atoms with Gasteiger partial charge in [0.2, 0.25) is 5.95 Å². The maximum atomic E-state index is 5.90. The van der Waals surface area contributed by atoms with Crippen molar-refractivity contribution in [2.75, 3.05) is 18.0 Å². The van der Waals surface area contributed by atoms with E-state index in [-0.39, 0.29) is 0 Å². The summed E-state index contributed by atoms with van der Waals surface area (Å²) < 4.78 is 0. The summed E-state index contributed by atoms with van der Waals surface area (Å²) in [7, 11) is 0. The van der Waals surface area contributed by atoms with Crippen LogP contribution in [-0.4, -0.2) is 34.3 Å². The quantitative estimate of drug-likeness (QED) is 0.887. The van der Waals surface area contributed by atoms with Gasteiger partial charge in [0.25, 0.3) is 0 Å². The number of hydrogen-bond acceptors (Lipinski definition) is 5. The van der Waals surface area contributed by atoms with Crippen LogP contribution in [0.4, 0.5) is 5.95 Å². The molecular formula is C14H19N5. The Morgan fingerprint density at radius 2 is 1.95 bits per heavy atom. The molecule has 1 atom stereocenters. The molecule has 5 nitrogen and oxygen atoms in total. The van der Waals surface area contributed by atoms with Crippen LogP contribution in [0.15, 0.2) is 24.3 Å². The first kappa shape index (κ1) is 12.3. The molecule has 0 bridgehead atoms. The Hall–Kier alpha value is -1.75. The molecule has 2 N–H and O–H groups in total. The van der Waals surface area contributed by atoms with Crippen molar-refractivity contribution in [3.8, 4) is 0 Å². The Labute approximate surface area is 112 Å². The molecular weight excluding hydrogens is 238 g/mol. The van der Waals surface area contributed by atoms with Crippen LogP contribution in [0.2, 0.25) is 0 Å². The molecule has 1 aliphatic heterocycles. The largest absolute Gasteiger partial charge is 0.335 e. The lowest BCUT2D eigenvalue weighted by molar-refractivity contribution is 0.568. The summed E-state index contributed by atoms with van der Waals surface area (Å²) in [4.78, 5) is 6.86. The number of benzene rings is 1. The van der Waals surface area contributed by atoms with Crippen LogP contribution >= 0.6 is 0 Å². The predicted molar refractivity (Wildman–Crippen MR) is 76.0 cm³/mol. The molecule has 2 aromatic rings. The van der Waals surface area contributed by atoms with E-state index in [1.165, 1.54) is 19.3 Å². The van der Waals surface area contributed by atoms with Crippen LogP contribution in [0, 0.1) is 0 Å². The number of anilines is 1. The Bertz CT molecular complexity index is 556. The van der Waals surface area contributed by atoms with Crippen molar-refractivity contribution in [1.82, 2.24) is 15.2 Å². The third-order valence-electron chi connectivity index (χ3n) is 3.76. The summed E-state index contributed by atoms with van der Waals surface area (Å²) in [6.45, 7) is 1.62. The molecule has 1 unspecified atom stereocenters. The molecule has 1 aromatic carbocycles. The Morgan fingerprint density at radius 1 is 1.11 bits per heavy atom. The second kappa shape index (κ2) is 5.48. The Balaban J connectivity index is 1.96. The molecule has 5 heteroatoms. The zero-order valence-electron chi connectivity index (χ0n) is 11.0. The van der Waals surface area contributed by atoms with E-state index in [2.05, 4.69) is 20.1 Å². The number of fused-ring (bicyclic) bond motifs is 1. The first-order valence-corrected chi connectivity index (χ1v) is 6.94.